The number of hydrogen-bond donors (Lipinski definition) is 1. The Bertz CT molecular complexity index is 1290. The lowest BCUT2D eigenvalue weighted by molar-refractivity contribution is 0.0725. The molecule has 164 valence electrons. The van der Waals surface area contributed by atoms with Crippen molar-refractivity contribution in [3.05, 3.63) is 113 Å². The number of phenols is 1. The summed E-state index contributed by atoms with van der Waals surface area (Å²) in [4.78, 5) is 24.6. The summed E-state index contributed by atoms with van der Waals surface area (Å²) in [5.41, 5.74) is 4.76. The minimum Gasteiger partial charge on any atom is -0.508 e. The van der Waals surface area contributed by atoms with Gasteiger partial charge in [-0.25, -0.2) is 9.59 Å². The first-order chi connectivity index (χ1) is 15.9. The summed E-state index contributed by atoms with van der Waals surface area (Å²) in [6.07, 6.45) is 0. The van der Waals surface area contributed by atoms with E-state index in [2.05, 4.69) is 0 Å². The average Bonchev–Trinajstić information content (AvgIpc) is 2.81. The van der Waals surface area contributed by atoms with E-state index in [-0.39, 0.29) is 5.75 Å². The molecule has 5 heteroatoms. The molecule has 0 aliphatic rings. The van der Waals surface area contributed by atoms with Gasteiger partial charge in [0.1, 0.15) is 17.2 Å². The van der Waals surface area contributed by atoms with Crippen LogP contribution in [-0.2, 0) is 0 Å². The summed E-state index contributed by atoms with van der Waals surface area (Å²) in [5.74, 6) is 0.0719. The van der Waals surface area contributed by atoms with E-state index < -0.39 is 11.9 Å². The number of aryl methyl sites for hydroxylation is 2. The Morgan fingerprint density at radius 3 is 1.73 bits per heavy atom. The van der Waals surface area contributed by atoms with Crippen molar-refractivity contribution in [1.82, 2.24) is 0 Å². The van der Waals surface area contributed by atoms with E-state index in [4.69, 9.17) is 9.47 Å². The minimum atomic E-state index is -0.498. The highest BCUT2D eigenvalue weighted by Crippen LogP contribution is 2.29. The van der Waals surface area contributed by atoms with Crippen molar-refractivity contribution in [2.75, 3.05) is 0 Å². The number of phenolic OH excluding ortho intramolecular Hbond substituents is 1. The number of rotatable bonds is 5. The summed E-state index contributed by atoms with van der Waals surface area (Å²) in [5, 5.41) is 9.35. The van der Waals surface area contributed by atoms with Gasteiger partial charge in [-0.2, -0.15) is 0 Å². The van der Waals surface area contributed by atoms with Crippen LogP contribution in [0.25, 0.3) is 11.1 Å². The maximum Gasteiger partial charge on any atom is 0.343 e. The molecule has 0 atom stereocenters. The molecule has 33 heavy (non-hydrogen) atoms. The zero-order chi connectivity index (χ0) is 23.4. The lowest BCUT2D eigenvalue weighted by Gasteiger charge is -2.11. The van der Waals surface area contributed by atoms with Crippen LogP contribution in [-0.4, -0.2) is 17.0 Å². The molecule has 0 bridgehead atoms. The van der Waals surface area contributed by atoms with Crippen LogP contribution in [0.4, 0.5) is 0 Å². The van der Waals surface area contributed by atoms with Gasteiger partial charge in [0, 0.05) is 0 Å². The zero-order valence-corrected chi connectivity index (χ0v) is 18.2. The van der Waals surface area contributed by atoms with Gasteiger partial charge in [0.2, 0.25) is 0 Å². The molecule has 0 heterocycles. The molecule has 4 aromatic carbocycles. The first-order valence-corrected chi connectivity index (χ1v) is 10.4. The molecule has 0 aliphatic carbocycles. The molecular weight excluding hydrogens is 416 g/mol. The van der Waals surface area contributed by atoms with Crippen molar-refractivity contribution in [1.29, 1.82) is 0 Å². The smallest absolute Gasteiger partial charge is 0.343 e. The zero-order valence-electron chi connectivity index (χ0n) is 18.2. The Labute approximate surface area is 191 Å². The van der Waals surface area contributed by atoms with Crippen LogP contribution in [0.2, 0.25) is 0 Å². The van der Waals surface area contributed by atoms with Crippen LogP contribution >= 0.6 is 0 Å². The van der Waals surface area contributed by atoms with Crippen LogP contribution in [0.15, 0.2) is 91.0 Å². The number of carbonyl (C=O) groups excluding carboxylic acids is 2. The molecule has 0 saturated carbocycles. The second-order valence-corrected chi connectivity index (χ2v) is 7.69. The fourth-order valence-electron chi connectivity index (χ4n) is 3.35. The van der Waals surface area contributed by atoms with Crippen LogP contribution in [0.5, 0.6) is 17.2 Å². The van der Waals surface area contributed by atoms with E-state index in [1.54, 1.807) is 36.4 Å². The summed E-state index contributed by atoms with van der Waals surface area (Å²) in [7, 11) is 0. The molecular formula is C28H22O5. The third-order valence-electron chi connectivity index (χ3n) is 5.17. The van der Waals surface area contributed by atoms with Crippen molar-refractivity contribution in [2.24, 2.45) is 0 Å². The third kappa shape index (κ3) is 5.28. The maximum atomic E-state index is 12.3. The van der Waals surface area contributed by atoms with E-state index in [1.165, 1.54) is 24.3 Å². The molecule has 0 unspecified atom stereocenters. The minimum absolute atomic E-state index is 0.0858. The van der Waals surface area contributed by atoms with Gasteiger partial charge in [-0.15, -0.1) is 0 Å². The monoisotopic (exact) mass is 438 g/mol. The molecule has 1 N–H and O–H groups in total. The lowest BCUT2D eigenvalue weighted by atomic mass is 10.0. The average molecular weight is 438 g/mol. The highest BCUT2D eigenvalue weighted by molar-refractivity contribution is 5.92. The fraction of sp³-hybridized carbons (Fsp3) is 0.0714. The first kappa shape index (κ1) is 21.8. The summed E-state index contributed by atoms with van der Waals surface area (Å²) in [6.45, 7) is 3.89. The number of ether oxygens (including phenoxy) is 2. The molecule has 0 spiro atoms. The fourth-order valence-corrected chi connectivity index (χ4v) is 3.35. The molecule has 5 nitrogen and oxygen atoms in total. The second-order valence-electron chi connectivity index (χ2n) is 7.69. The highest BCUT2D eigenvalue weighted by Gasteiger charge is 2.12. The Balaban J connectivity index is 1.44. The Kier molecular flexibility index (Phi) is 6.22. The van der Waals surface area contributed by atoms with E-state index >= 15 is 0 Å². The van der Waals surface area contributed by atoms with Crippen molar-refractivity contribution in [3.63, 3.8) is 0 Å². The van der Waals surface area contributed by atoms with Crippen LogP contribution in [0.3, 0.4) is 0 Å². The summed E-state index contributed by atoms with van der Waals surface area (Å²) in [6, 6.07) is 25.8. The van der Waals surface area contributed by atoms with Gasteiger partial charge >= 0.3 is 11.9 Å². The van der Waals surface area contributed by atoms with Crippen LogP contribution in [0.1, 0.15) is 31.8 Å². The summed E-state index contributed by atoms with van der Waals surface area (Å²) >= 11 is 0. The van der Waals surface area contributed by atoms with Gasteiger partial charge in [-0.3, -0.25) is 0 Å². The molecule has 0 saturated heterocycles. The van der Waals surface area contributed by atoms with Gasteiger partial charge in [0.25, 0.3) is 0 Å². The van der Waals surface area contributed by atoms with E-state index in [9.17, 15) is 14.7 Å². The quantitative estimate of drug-likeness (QED) is 0.300. The number of carbonyl (C=O) groups is 2. The molecule has 0 fully saturated rings. The first-order valence-electron chi connectivity index (χ1n) is 10.4. The molecule has 0 aliphatic heterocycles. The molecule has 0 radical (unpaired) electrons. The Morgan fingerprint density at radius 2 is 1.15 bits per heavy atom. The predicted octanol–water partition coefficient (Wildman–Crippen LogP) is 6.11. The normalized spacial score (nSPS) is 10.5. The van der Waals surface area contributed by atoms with Crippen molar-refractivity contribution in [2.45, 2.75) is 13.8 Å². The molecule has 4 rings (SSSR count). The molecule has 4 aromatic rings. The van der Waals surface area contributed by atoms with E-state index in [0.29, 0.717) is 22.6 Å². The Hall–Kier alpha value is -4.38. The van der Waals surface area contributed by atoms with Gasteiger partial charge in [0.15, 0.2) is 0 Å². The Morgan fingerprint density at radius 1 is 0.636 bits per heavy atom. The second kappa shape index (κ2) is 9.40. The number of benzene rings is 4. The largest absolute Gasteiger partial charge is 0.508 e. The van der Waals surface area contributed by atoms with Gasteiger partial charge in [0.05, 0.1) is 11.1 Å². The predicted molar refractivity (Wildman–Crippen MR) is 126 cm³/mol. The van der Waals surface area contributed by atoms with Gasteiger partial charge in [-0.1, -0.05) is 35.9 Å². The number of aromatic hydroxyl groups is 1. The topological polar surface area (TPSA) is 72.8 Å². The van der Waals surface area contributed by atoms with Crippen LogP contribution in [0, 0.1) is 13.8 Å². The SMILES string of the molecule is Cc1ccc(C(=O)Oc2ccc(-c3ccc(OC(=O)c4ccc(O)cc4)cc3C)cc2)cc1. The van der Waals surface area contributed by atoms with Gasteiger partial charge < -0.3 is 14.6 Å². The maximum absolute atomic E-state index is 12.3. The van der Waals surface area contributed by atoms with E-state index in [0.717, 1.165) is 22.3 Å². The van der Waals surface area contributed by atoms with Crippen molar-refractivity contribution >= 4 is 11.9 Å². The number of esters is 2. The van der Waals surface area contributed by atoms with Crippen molar-refractivity contribution in [3.8, 4) is 28.4 Å². The highest BCUT2D eigenvalue weighted by atomic mass is 16.5. The number of hydrogen-bond acceptors (Lipinski definition) is 5. The lowest BCUT2D eigenvalue weighted by Crippen LogP contribution is -2.08. The third-order valence-corrected chi connectivity index (χ3v) is 5.17. The van der Waals surface area contributed by atoms with E-state index in [1.807, 2.05) is 44.2 Å². The molecule has 0 amide bonds. The molecule has 0 aromatic heterocycles. The van der Waals surface area contributed by atoms with Crippen LogP contribution < -0.4 is 9.47 Å². The van der Waals surface area contributed by atoms with Crippen molar-refractivity contribution < 1.29 is 24.2 Å². The van der Waals surface area contributed by atoms with Gasteiger partial charge in [-0.05, 0) is 91.2 Å². The summed E-state index contributed by atoms with van der Waals surface area (Å²) < 4.78 is 10.9. The standard InChI is InChI=1S/C28H22O5/c1-18-3-5-21(6-4-18)27(30)32-24-13-9-20(10-14-24)26-16-15-25(17-19(26)2)33-28(31)22-7-11-23(29)12-8-22/h3-17,29H,1-2H3.